The molecule has 0 aliphatic heterocycles. The van der Waals surface area contributed by atoms with Crippen molar-refractivity contribution in [2.75, 3.05) is 18.5 Å². The van der Waals surface area contributed by atoms with Crippen LogP contribution in [0.15, 0.2) is 48.6 Å². The molecule has 1 N–H and O–H groups in total. The van der Waals surface area contributed by atoms with Crippen LogP contribution in [0.25, 0.3) is 0 Å². The Morgan fingerprint density at radius 2 is 2.10 bits per heavy atom. The number of nitrogens with one attached hydrogen (secondary N) is 1. The third-order valence-corrected chi connectivity index (χ3v) is 2.31. The molecule has 0 heterocycles. The van der Waals surface area contributed by atoms with Crippen molar-refractivity contribution in [2.24, 2.45) is 0 Å². The Hall–Kier alpha value is -2.56. The zero-order valence-electron chi connectivity index (χ0n) is 12.2. The van der Waals surface area contributed by atoms with E-state index >= 15 is 0 Å². The maximum Gasteiger partial charge on any atom is 0.344 e. The Labute approximate surface area is 124 Å². The van der Waals surface area contributed by atoms with Crippen molar-refractivity contribution in [3.63, 3.8) is 0 Å². The van der Waals surface area contributed by atoms with Crippen LogP contribution in [-0.2, 0) is 14.3 Å². The summed E-state index contributed by atoms with van der Waals surface area (Å²) in [5.74, 6) is -0.185. The number of allylic oxidation sites excluding steroid dienone is 3. The molecule has 0 radical (unpaired) electrons. The molecule has 0 bridgehead atoms. The lowest BCUT2D eigenvalue weighted by Crippen LogP contribution is -2.14. The van der Waals surface area contributed by atoms with Crippen LogP contribution >= 0.6 is 0 Å². The van der Waals surface area contributed by atoms with Gasteiger partial charge in [-0.05, 0) is 26.0 Å². The molecule has 0 atom stereocenters. The number of hydrogen-bond acceptors (Lipinski definition) is 4. The first-order valence-corrected chi connectivity index (χ1v) is 6.64. The summed E-state index contributed by atoms with van der Waals surface area (Å²) >= 11 is 0. The SMILES string of the molecule is C/C=C/C=C/C(=O)Nc1cccc(OCC(=O)OCC)c1. The van der Waals surface area contributed by atoms with Gasteiger partial charge in [0.05, 0.1) is 6.61 Å². The number of rotatable bonds is 7. The van der Waals surface area contributed by atoms with Gasteiger partial charge in [0.25, 0.3) is 0 Å². The van der Waals surface area contributed by atoms with Crippen LogP contribution in [0.1, 0.15) is 13.8 Å². The van der Waals surface area contributed by atoms with Gasteiger partial charge in [-0.15, -0.1) is 0 Å². The zero-order chi connectivity index (χ0) is 15.5. The van der Waals surface area contributed by atoms with E-state index in [-0.39, 0.29) is 12.5 Å². The first-order chi connectivity index (χ1) is 10.2. The third-order valence-electron chi connectivity index (χ3n) is 2.31. The molecule has 0 aliphatic rings. The number of carbonyl (C=O) groups is 2. The van der Waals surface area contributed by atoms with Crippen molar-refractivity contribution in [3.05, 3.63) is 48.6 Å². The first kappa shape index (κ1) is 16.5. The first-order valence-electron chi connectivity index (χ1n) is 6.64. The van der Waals surface area contributed by atoms with E-state index in [1.165, 1.54) is 6.08 Å². The quantitative estimate of drug-likeness (QED) is 0.476. The molecule has 0 spiro atoms. The lowest BCUT2D eigenvalue weighted by molar-refractivity contribution is -0.145. The fourth-order valence-corrected chi connectivity index (χ4v) is 1.45. The Morgan fingerprint density at radius 3 is 2.81 bits per heavy atom. The Morgan fingerprint density at radius 1 is 1.29 bits per heavy atom. The van der Waals surface area contributed by atoms with Crippen LogP contribution in [0.2, 0.25) is 0 Å². The number of anilines is 1. The average molecular weight is 289 g/mol. The molecule has 0 aliphatic carbocycles. The molecular formula is C16H19NO4. The number of hydrogen-bond donors (Lipinski definition) is 1. The van der Waals surface area contributed by atoms with E-state index in [2.05, 4.69) is 5.32 Å². The summed E-state index contributed by atoms with van der Waals surface area (Å²) in [5, 5.41) is 2.70. The molecule has 1 rings (SSSR count). The minimum absolute atomic E-state index is 0.160. The summed E-state index contributed by atoms with van der Waals surface area (Å²) in [6, 6.07) is 6.80. The average Bonchev–Trinajstić information content (AvgIpc) is 2.46. The number of esters is 1. The maximum absolute atomic E-state index is 11.6. The highest BCUT2D eigenvalue weighted by Crippen LogP contribution is 2.17. The van der Waals surface area contributed by atoms with E-state index in [0.717, 1.165) is 0 Å². The van der Waals surface area contributed by atoms with Crippen LogP contribution in [0, 0.1) is 0 Å². The summed E-state index contributed by atoms with van der Waals surface area (Å²) in [6.45, 7) is 3.76. The standard InChI is InChI=1S/C16H19NO4/c1-3-5-6-10-15(18)17-13-8-7-9-14(11-13)21-12-16(19)20-4-2/h3,5-11H,4,12H2,1-2H3,(H,17,18)/b5-3+,10-6+. The van der Waals surface area contributed by atoms with Gasteiger partial charge in [0, 0.05) is 17.8 Å². The van der Waals surface area contributed by atoms with E-state index < -0.39 is 5.97 Å². The molecule has 5 nitrogen and oxygen atoms in total. The summed E-state index contributed by atoms with van der Waals surface area (Å²) in [5.41, 5.74) is 0.589. The highest BCUT2D eigenvalue weighted by molar-refractivity contribution is 5.99. The van der Waals surface area contributed by atoms with Gasteiger partial charge in [-0.3, -0.25) is 4.79 Å². The van der Waals surface area contributed by atoms with Gasteiger partial charge in [-0.2, -0.15) is 0 Å². The van der Waals surface area contributed by atoms with Crippen molar-refractivity contribution < 1.29 is 19.1 Å². The monoisotopic (exact) mass is 289 g/mol. The summed E-state index contributed by atoms with van der Waals surface area (Å²) in [6.07, 6.45) is 6.66. The van der Waals surface area contributed by atoms with Crippen LogP contribution < -0.4 is 10.1 Å². The molecule has 0 saturated heterocycles. The number of carbonyl (C=O) groups excluding carboxylic acids is 2. The minimum Gasteiger partial charge on any atom is -0.482 e. The number of amides is 1. The zero-order valence-corrected chi connectivity index (χ0v) is 12.2. The molecular weight excluding hydrogens is 270 g/mol. The molecule has 1 amide bonds. The Kier molecular flexibility index (Phi) is 7.35. The minimum atomic E-state index is -0.429. The van der Waals surface area contributed by atoms with E-state index in [0.29, 0.717) is 18.0 Å². The Bertz CT molecular complexity index is 535. The largest absolute Gasteiger partial charge is 0.482 e. The van der Waals surface area contributed by atoms with Gasteiger partial charge >= 0.3 is 5.97 Å². The Balaban J connectivity index is 2.55. The molecule has 0 unspecified atom stereocenters. The lowest BCUT2D eigenvalue weighted by Gasteiger charge is -2.08. The summed E-state index contributed by atoms with van der Waals surface area (Å²) in [4.78, 5) is 22.8. The van der Waals surface area contributed by atoms with Gasteiger partial charge in [0.1, 0.15) is 5.75 Å². The normalized spacial score (nSPS) is 10.8. The molecule has 1 aromatic rings. The fraction of sp³-hybridized carbons (Fsp3) is 0.250. The van der Waals surface area contributed by atoms with E-state index in [1.54, 1.807) is 43.3 Å². The van der Waals surface area contributed by atoms with Crippen molar-refractivity contribution >= 4 is 17.6 Å². The van der Waals surface area contributed by atoms with Crippen molar-refractivity contribution in [3.8, 4) is 5.75 Å². The predicted octanol–water partition coefficient (Wildman–Crippen LogP) is 2.70. The lowest BCUT2D eigenvalue weighted by atomic mass is 10.3. The predicted molar refractivity (Wildman–Crippen MR) is 81.2 cm³/mol. The fourth-order valence-electron chi connectivity index (χ4n) is 1.45. The second-order valence-corrected chi connectivity index (χ2v) is 4.00. The molecule has 0 aromatic heterocycles. The number of ether oxygens (including phenoxy) is 2. The van der Waals surface area contributed by atoms with E-state index in [4.69, 9.17) is 9.47 Å². The van der Waals surface area contributed by atoms with Crippen LogP contribution in [-0.4, -0.2) is 25.1 Å². The molecule has 0 saturated carbocycles. The van der Waals surface area contributed by atoms with E-state index in [9.17, 15) is 9.59 Å². The molecule has 21 heavy (non-hydrogen) atoms. The van der Waals surface area contributed by atoms with Crippen LogP contribution in [0.3, 0.4) is 0 Å². The van der Waals surface area contributed by atoms with Gasteiger partial charge in [0.2, 0.25) is 5.91 Å². The van der Waals surface area contributed by atoms with E-state index in [1.807, 2.05) is 13.0 Å². The molecule has 0 fully saturated rings. The van der Waals surface area contributed by atoms with Crippen LogP contribution in [0.4, 0.5) is 5.69 Å². The van der Waals surface area contributed by atoms with Gasteiger partial charge in [-0.1, -0.05) is 24.3 Å². The summed E-state index contributed by atoms with van der Waals surface area (Å²) < 4.78 is 10.1. The summed E-state index contributed by atoms with van der Waals surface area (Å²) in [7, 11) is 0. The maximum atomic E-state index is 11.6. The van der Waals surface area contributed by atoms with Crippen molar-refractivity contribution in [1.82, 2.24) is 0 Å². The van der Waals surface area contributed by atoms with Gasteiger partial charge in [-0.25, -0.2) is 4.79 Å². The smallest absolute Gasteiger partial charge is 0.344 e. The highest BCUT2D eigenvalue weighted by atomic mass is 16.6. The third kappa shape index (κ3) is 6.96. The molecule has 1 aromatic carbocycles. The molecule has 5 heteroatoms. The molecule has 112 valence electrons. The topological polar surface area (TPSA) is 64.6 Å². The van der Waals surface area contributed by atoms with Gasteiger partial charge < -0.3 is 14.8 Å². The van der Waals surface area contributed by atoms with Crippen molar-refractivity contribution in [1.29, 1.82) is 0 Å². The van der Waals surface area contributed by atoms with Crippen molar-refractivity contribution in [2.45, 2.75) is 13.8 Å². The van der Waals surface area contributed by atoms with Crippen LogP contribution in [0.5, 0.6) is 5.75 Å². The second kappa shape index (κ2) is 9.36. The van der Waals surface area contributed by atoms with Gasteiger partial charge in [0.15, 0.2) is 6.61 Å². The second-order valence-electron chi connectivity index (χ2n) is 4.00. The highest BCUT2D eigenvalue weighted by Gasteiger charge is 2.04. The number of benzene rings is 1.